The lowest BCUT2D eigenvalue weighted by Gasteiger charge is -2.35. The molecule has 42 heavy (non-hydrogen) atoms. The van der Waals surface area contributed by atoms with Crippen molar-refractivity contribution < 1.29 is 13.6 Å². The second-order valence-corrected chi connectivity index (χ2v) is 11.0. The van der Waals surface area contributed by atoms with E-state index in [2.05, 4.69) is 29.7 Å². The van der Waals surface area contributed by atoms with Crippen molar-refractivity contribution in [1.82, 2.24) is 24.4 Å². The van der Waals surface area contributed by atoms with Crippen LogP contribution in [-0.4, -0.2) is 63.0 Å². The monoisotopic (exact) mass is 567 g/mol. The minimum Gasteiger partial charge on any atom is -0.352 e. The molecule has 1 amide bonds. The molecule has 1 fully saturated rings. The van der Waals surface area contributed by atoms with Gasteiger partial charge in [0.2, 0.25) is 0 Å². The number of amides is 1. The van der Waals surface area contributed by atoms with Gasteiger partial charge in [-0.1, -0.05) is 30.3 Å². The molecule has 0 radical (unpaired) electrons. The van der Waals surface area contributed by atoms with Crippen molar-refractivity contribution in [3.63, 3.8) is 0 Å². The van der Waals surface area contributed by atoms with Crippen molar-refractivity contribution in [2.45, 2.75) is 32.2 Å². The van der Waals surface area contributed by atoms with Crippen LogP contribution >= 0.6 is 0 Å². The fraction of sp³-hybridized carbons (Fsp3) is 0.312. The number of piperazine rings is 1. The molecule has 214 valence electrons. The summed E-state index contributed by atoms with van der Waals surface area (Å²) < 4.78 is 29.2. The number of pyridine rings is 1. The lowest BCUT2D eigenvalue weighted by Crippen LogP contribution is -2.47. The number of nitrogens with zero attached hydrogens (tertiary/aromatic N) is 6. The van der Waals surface area contributed by atoms with Crippen molar-refractivity contribution in [1.29, 1.82) is 0 Å². The van der Waals surface area contributed by atoms with Crippen LogP contribution in [0.25, 0.3) is 21.8 Å². The molecule has 0 atom stereocenters. The maximum Gasteiger partial charge on any atom is 0.259 e. The van der Waals surface area contributed by atoms with Gasteiger partial charge in [0.25, 0.3) is 5.91 Å². The van der Waals surface area contributed by atoms with Gasteiger partial charge < -0.3 is 14.8 Å². The first-order valence-corrected chi connectivity index (χ1v) is 14.5. The highest BCUT2D eigenvalue weighted by Gasteiger charge is 2.30. The highest BCUT2D eigenvalue weighted by atomic mass is 19.2. The number of carbonyl (C=O) groups is 1. The standard InChI is InChI=1S/C32H31F2N7O/c33-24-9-8-21(17-25(24)34)10-12-39-13-15-40(16-14-39)31-30-29(36-20-37-31)28(27-7-3-4-11-41(27)30)32(42)38-26-19-35-18-22-5-1-2-6-23(22)26/h1-2,5-6,8-9,17-20H,3-4,7,10-16H2,(H,38,42). The summed E-state index contributed by atoms with van der Waals surface area (Å²) in [4.78, 5) is 32.2. The number of carbonyl (C=O) groups excluding carboxylic acids is 1. The number of aryl methyl sites for hydroxylation is 1. The van der Waals surface area contributed by atoms with Gasteiger partial charge in [0.15, 0.2) is 17.5 Å². The Morgan fingerprint density at radius 2 is 1.79 bits per heavy atom. The van der Waals surface area contributed by atoms with Crippen molar-refractivity contribution in [2.75, 3.05) is 42.9 Å². The molecule has 3 aromatic heterocycles. The van der Waals surface area contributed by atoms with E-state index in [9.17, 15) is 13.6 Å². The Bertz CT molecular complexity index is 1790. The van der Waals surface area contributed by atoms with Crippen molar-refractivity contribution in [3.05, 3.63) is 89.6 Å². The summed E-state index contributed by atoms with van der Waals surface area (Å²) in [6.45, 7) is 4.78. The Morgan fingerprint density at radius 3 is 2.64 bits per heavy atom. The van der Waals surface area contributed by atoms with E-state index in [0.717, 1.165) is 91.9 Å². The van der Waals surface area contributed by atoms with Crippen LogP contribution in [0, 0.1) is 11.6 Å². The molecule has 8 nitrogen and oxygen atoms in total. The van der Waals surface area contributed by atoms with Crippen molar-refractivity contribution >= 4 is 39.2 Å². The van der Waals surface area contributed by atoms with E-state index < -0.39 is 11.6 Å². The molecule has 5 aromatic rings. The highest BCUT2D eigenvalue weighted by Crippen LogP contribution is 2.35. The van der Waals surface area contributed by atoms with Crippen LogP contribution in [0.2, 0.25) is 0 Å². The zero-order chi connectivity index (χ0) is 28.6. The second kappa shape index (κ2) is 11.1. The number of aromatic nitrogens is 4. The summed E-state index contributed by atoms with van der Waals surface area (Å²) in [5, 5.41) is 5.03. The summed E-state index contributed by atoms with van der Waals surface area (Å²) in [6, 6.07) is 12.0. The van der Waals surface area contributed by atoms with Crippen LogP contribution < -0.4 is 10.2 Å². The minimum absolute atomic E-state index is 0.180. The molecule has 0 bridgehead atoms. The van der Waals surface area contributed by atoms with Crippen LogP contribution in [0.1, 0.15) is 34.5 Å². The molecule has 7 rings (SSSR count). The Labute approximate surface area is 242 Å². The topological polar surface area (TPSA) is 79.2 Å². The van der Waals surface area contributed by atoms with Gasteiger partial charge in [-0.15, -0.1) is 0 Å². The average Bonchev–Trinajstić information content (AvgIpc) is 3.37. The molecule has 10 heteroatoms. The lowest BCUT2D eigenvalue weighted by molar-refractivity contribution is 0.102. The number of benzene rings is 2. The summed E-state index contributed by atoms with van der Waals surface area (Å²) in [6.07, 6.45) is 8.58. The summed E-state index contributed by atoms with van der Waals surface area (Å²) >= 11 is 0. The maximum atomic E-state index is 13.9. The fourth-order valence-electron chi connectivity index (χ4n) is 6.31. The van der Waals surface area contributed by atoms with E-state index >= 15 is 0 Å². The molecule has 0 spiro atoms. The zero-order valence-electron chi connectivity index (χ0n) is 23.2. The molecule has 0 aliphatic carbocycles. The van der Waals surface area contributed by atoms with Crippen molar-refractivity contribution in [3.8, 4) is 0 Å². The van der Waals surface area contributed by atoms with E-state index in [1.165, 1.54) is 12.1 Å². The molecule has 1 saturated heterocycles. The first kappa shape index (κ1) is 26.5. The first-order chi connectivity index (χ1) is 20.6. The molecule has 0 unspecified atom stereocenters. The lowest BCUT2D eigenvalue weighted by atomic mass is 10.1. The Kier molecular flexibility index (Phi) is 6.99. The SMILES string of the molecule is O=C(Nc1cncc2ccccc12)c1c2n(c3c(N4CCN(CCc5ccc(F)c(F)c5)CC4)ncnc13)CCCC2. The number of hydrogen-bond donors (Lipinski definition) is 1. The van der Waals surface area contributed by atoms with Gasteiger partial charge in [-0.3, -0.25) is 14.7 Å². The number of halogens is 2. The maximum absolute atomic E-state index is 13.9. The third-order valence-electron chi connectivity index (χ3n) is 8.49. The van der Waals surface area contributed by atoms with Crippen molar-refractivity contribution in [2.24, 2.45) is 0 Å². The largest absolute Gasteiger partial charge is 0.352 e. The van der Waals surface area contributed by atoms with E-state index in [-0.39, 0.29) is 5.91 Å². The molecular weight excluding hydrogens is 536 g/mol. The van der Waals surface area contributed by atoms with E-state index in [0.29, 0.717) is 23.2 Å². The molecule has 2 aliphatic heterocycles. The van der Waals surface area contributed by atoms with Crippen LogP contribution in [0.3, 0.4) is 0 Å². The third-order valence-corrected chi connectivity index (χ3v) is 8.49. The van der Waals surface area contributed by atoms with Gasteiger partial charge in [-0.25, -0.2) is 18.7 Å². The quantitative estimate of drug-likeness (QED) is 0.304. The van der Waals surface area contributed by atoms with E-state index in [1.54, 1.807) is 24.8 Å². The molecular formula is C32H31F2N7O. The minimum atomic E-state index is -0.817. The normalized spacial score (nSPS) is 15.7. The number of fused-ring (bicyclic) bond motifs is 4. The van der Waals surface area contributed by atoms with Crippen LogP contribution in [0.4, 0.5) is 20.3 Å². The average molecular weight is 568 g/mol. The first-order valence-electron chi connectivity index (χ1n) is 14.5. The Hall–Kier alpha value is -4.44. The summed E-state index contributed by atoms with van der Waals surface area (Å²) in [5.74, 6) is -0.945. The molecule has 5 heterocycles. The van der Waals surface area contributed by atoms with E-state index in [1.807, 2.05) is 24.3 Å². The van der Waals surface area contributed by atoms with Gasteiger partial charge in [0.1, 0.15) is 17.4 Å². The van der Waals surface area contributed by atoms with Gasteiger partial charge in [0, 0.05) is 61.9 Å². The molecule has 2 aliphatic rings. The van der Waals surface area contributed by atoms with Crippen LogP contribution in [-0.2, 0) is 19.4 Å². The predicted molar refractivity (Wildman–Crippen MR) is 159 cm³/mol. The van der Waals surface area contributed by atoms with Crippen LogP contribution in [0.15, 0.2) is 61.2 Å². The number of rotatable bonds is 6. The fourth-order valence-corrected chi connectivity index (χ4v) is 6.31. The van der Waals surface area contributed by atoms with E-state index in [4.69, 9.17) is 4.98 Å². The van der Waals surface area contributed by atoms with Gasteiger partial charge in [0.05, 0.1) is 17.4 Å². The third kappa shape index (κ3) is 4.85. The molecule has 0 saturated carbocycles. The van der Waals surface area contributed by atoms with Gasteiger partial charge in [-0.2, -0.15) is 0 Å². The molecule has 1 N–H and O–H groups in total. The zero-order valence-corrected chi connectivity index (χ0v) is 23.2. The number of hydrogen-bond acceptors (Lipinski definition) is 6. The summed E-state index contributed by atoms with van der Waals surface area (Å²) in [7, 11) is 0. The smallest absolute Gasteiger partial charge is 0.259 e. The van der Waals surface area contributed by atoms with Gasteiger partial charge >= 0.3 is 0 Å². The predicted octanol–water partition coefficient (Wildman–Crippen LogP) is 5.21. The molecule has 2 aromatic carbocycles. The summed E-state index contributed by atoms with van der Waals surface area (Å²) in [5.41, 5.74) is 4.70. The Morgan fingerprint density at radius 1 is 0.929 bits per heavy atom. The number of anilines is 2. The Balaban J connectivity index is 1.14. The second-order valence-electron chi connectivity index (χ2n) is 11.0. The number of nitrogens with one attached hydrogen (secondary N) is 1. The van der Waals surface area contributed by atoms with Gasteiger partial charge in [-0.05, 0) is 43.4 Å². The highest BCUT2D eigenvalue weighted by molar-refractivity contribution is 6.16. The van der Waals surface area contributed by atoms with Crippen LogP contribution in [0.5, 0.6) is 0 Å².